The maximum atomic E-state index is 6.31. The molecule has 76 valence electrons. The molecule has 0 saturated heterocycles. The summed E-state index contributed by atoms with van der Waals surface area (Å²) in [5, 5.41) is 4.36. The van der Waals surface area contributed by atoms with E-state index in [1.165, 1.54) is 31.2 Å². The third-order valence-electron chi connectivity index (χ3n) is 4.07. The second-order valence-corrected chi connectivity index (χ2v) is 5.55. The molecule has 2 N–H and O–H groups in total. The van der Waals surface area contributed by atoms with Crippen LogP contribution in [0.5, 0.6) is 0 Å². The molecule has 1 nitrogen and oxygen atoms in total. The molecule has 0 aliphatic heterocycles. The lowest BCUT2D eigenvalue weighted by molar-refractivity contribution is 0.480. The second kappa shape index (κ2) is 3.35. The van der Waals surface area contributed by atoms with Gasteiger partial charge in [-0.1, -0.05) is 12.8 Å². The van der Waals surface area contributed by atoms with Crippen LogP contribution in [0.25, 0.3) is 0 Å². The van der Waals surface area contributed by atoms with E-state index in [0.717, 1.165) is 17.8 Å². The minimum absolute atomic E-state index is 0.328. The number of hydrogen-bond acceptors (Lipinski definition) is 2. The van der Waals surface area contributed by atoms with Gasteiger partial charge < -0.3 is 5.73 Å². The SMILES string of the molecule is NC(c1ccsc1)C1C2CCCCC21. The zero-order valence-electron chi connectivity index (χ0n) is 8.36. The Balaban J connectivity index is 1.72. The van der Waals surface area contributed by atoms with Gasteiger partial charge in [-0.05, 0) is 53.0 Å². The van der Waals surface area contributed by atoms with E-state index in [1.54, 1.807) is 11.3 Å². The van der Waals surface area contributed by atoms with Gasteiger partial charge in [-0.25, -0.2) is 0 Å². The van der Waals surface area contributed by atoms with Crippen LogP contribution < -0.4 is 5.73 Å². The standard InChI is InChI=1S/C12H17NS/c13-12(8-5-6-14-7-8)11-9-3-1-2-4-10(9)11/h5-7,9-12H,1-4,13H2. The van der Waals surface area contributed by atoms with Crippen molar-refractivity contribution in [2.24, 2.45) is 23.5 Å². The van der Waals surface area contributed by atoms with Gasteiger partial charge in [-0.15, -0.1) is 0 Å². The molecular formula is C12H17NS. The van der Waals surface area contributed by atoms with Gasteiger partial charge in [-0.2, -0.15) is 11.3 Å². The lowest BCUT2D eigenvalue weighted by Crippen LogP contribution is -2.13. The van der Waals surface area contributed by atoms with Gasteiger partial charge >= 0.3 is 0 Å². The summed E-state index contributed by atoms with van der Waals surface area (Å²) in [5.41, 5.74) is 7.68. The Morgan fingerprint density at radius 1 is 1.29 bits per heavy atom. The fraction of sp³-hybridized carbons (Fsp3) is 0.667. The van der Waals surface area contributed by atoms with Crippen LogP contribution in [-0.2, 0) is 0 Å². The van der Waals surface area contributed by atoms with Crippen molar-refractivity contribution >= 4 is 11.3 Å². The van der Waals surface area contributed by atoms with Crippen molar-refractivity contribution in [1.29, 1.82) is 0 Å². The highest BCUT2D eigenvalue weighted by molar-refractivity contribution is 7.07. The van der Waals surface area contributed by atoms with Crippen LogP contribution in [0.1, 0.15) is 37.3 Å². The molecule has 14 heavy (non-hydrogen) atoms. The van der Waals surface area contributed by atoms with E-state index in [1.807, 2.05) is 0 Å². The molecule has 0 spiro atoms. The first-order valence-electron chi connectivity index (χ1n) is 5.65. The topological polar surface area (TPSA) is 26.0 Å². The molecule has 1 aromatic rings. The molecule has 1 aromatic heterocycles. The van der Waals surface area contributed by atoms with E-state index in [-0.39, 0.29) is 0 Å². The molecule has 2 heteroatoms. The molecule has 1 heterocycles. The molecule has 0 bridgehead atoms. The Labute approximate surface area is 89.3 Å². The first-order valence-corrected chi connectivity index (χ1v) is 6.60. The van der Waals surface area contributed by atoms with Crippen molar-refractivity contribution in [2.75, 3.05) is 0 Å². The first kappa shape index (κ1) is 8.93. The Hall–Kier alpha value is -0.340. The highest BCUT2D eigenvalue weighted by atomic mass is 32.1. The van der Waals surface area contributed by atoms with Crippen molar-refractivity contribution in [2.45, 2.75) is 31.7 Å². The van der Waals surface area contributed by atoms with Crippen LogP contribution in [0.15, 0.2) is 16.8 Å². The summed E-state index contributed by atoms with van der Waals surface area (Å²) in [4.78, 5) is 0. The molecule has 2 aliphatic rings. The van der Waals surface area contributed by atoms with E-state index in [2.05, 4.69) is 16.8 Å². The van der Waals surface area contributed by atoms with Crippen LogP contribution >= 0.6 is 11.3 Å². The normalized spacial score (nSPS) is 37.6. The molecule has 0 aromatic carbocycles. The van der Waals surface area contributed by atoms with Gasteiger partial charge in [0, 0.05) is 6.04 Å². The molecule has 0 amide bonds. The number of rotatable bonds is 2. The zero-order chi connectivity index (χ0) is 9.54. The smallest absolute Gasteiger partial charge is 0.0337 e. The minimum atomic E-state index is 0.328. The summed E-state index contributed by atoms with van der Waals surface area (Å²) in [5.74, 6) is 2.75. The Morgan fingerprint density at radius 2 is 2.00 bits per heavy atom. The highest BCUT2D eigenvalue weighted by Crippen LogP contribution is 2.59. The van der Waals surface area contributed by atoms with Gasteiger partial charge in [-0.3, -0.25) is 0 Å². The van der Waals surface area contributed by atoms with Crippen LogP contribution in [0.3, 0.4) is 0 Å². The molecule has 0 radical (unpaired) electrons. The maximum Gasteiger partial charge on any atom is 0.0337 e. The quantitative estimate of drug-likeness (QED) is 0.792. The minimum Gasteiger partial charge on any atom is -0.324 e. The summed E-state index contributed by atoms with van der Waals surface area (Å²) in [6, 6.07) is 2.52. The predicted octanol–water partition coefficient (Wildman–Crippen LogP) is 3.18. The van der Waals surface area contributed by atoms with Gasteiger partial charge in [0.1, 0.15) is 0 Å². The fourth-order valence-electron chi connectivity index (χ4n) is 3.27. The number of hydrogen-bond donors (Lipinski definition) is 1. The summed E-state index contributed by atoms with van der Waals surface area (Å²) in [6.45, 7) is 0. The van der Waals surface area contributed by atoms with Gasteiger partial charge in [0.2, 0.25) is 0 Å². The lowest BCUT2D eigenvalue weighted by Gasteiger charge is -2.08. The van der Waals surface area contributed by atoms with E-state index >= 15 is 0 Å². The zero-order valence-corrected chi connectivity index (χ0v) is 9.17. The largest absolute Gasteiger partial charge is 0.324 e. The van der Waals surface area contributed by atoms with Gasteiger partial charge in [0.25, 0.3) is 0 Å². The lowest BCUT2D eigenvalue weighted by atomic mass is 10.0. The molecule has 2 aliphatic carbocycles. The number of nitrogens with two attached hydrogens (primary N) is 1. The Bertz CT molecular complexity index is 294. The van der Waals surface area contributed by atoms with Crippen LogP contribution in [0.4, 0.5) is 0 Å². The van der Waals surface area contributed by atoms with Crippen LogP contribution in [-0.4, -0.2) is 0 Å². The first-order chi connectivity index (χ1) is 6.88. The third-order valence-corrected chi connectivity index (χ3v) is 4.77. The highest BCUT2D eigenvalue weighted by Gasteiger charge is 2.53. The van der Waals surface area contributed by atoms with Crippen LogP contribution in [0.2, 0.25) is 0 Å². The van der Waals surface area contributed by atoms with Crippen LogP contribution in [0, 0.1) is 17.8 Å². The van der Waals surface area contributed by atoms with E-state index in [9.17, 15) is 0 Å². The van der Waals surface area contributed by atoms with Crippen molar-refractivity contribution in [3.05, 3.63) is 22.4 Å². The van der Waals surface area contributed by atoms with Crippen molar-refractivity contribution < 1.29 is 0 Å². The van der Waals surface area contributed by atoms with E-state index in [4.69, 9.17) is 5.73 Å². The van der Waals surface area contributed by atoms with Crippen molar-refractivity contribution in [3.8, 4) is 0 Å². The van der Waals surface area contributed by atoms with Crippen molar-refractivity contribution in [3.63, 3.8) is 0 Å². The van der Waals surface area contributed by atoms with E-state index < -0.39 is 0 Å². The fourth-order valence-corrected chi connectivity index (χ4v) is 3.97. The van der Waals surface area contributed by atoms with Gasteiger partial charge in [0.15, 0.2) is 0 Å². The summed E-state index contributed by atoms with van der Waals surface area (Å²) < 4.78 is 0. The molecule has 3 rings (SSSR count). The molecule has 2 saturated carbocycles. The number of thiophene rings is 1. The Morgan fingerprint density at radius 3 is 2.57 bits per heavy atom. The maximum absolute atomic E-state index is 6.31. The average Bonchev–Trinajstić information content (AvgIpc) is 2.70. The monoisotopic (exact) mass is 207 g/mol. The predicted molar refractivity (Wildman–Crippen MR) is 60.2 cm³/mol. The molecule has 3 unspecified atom stereocenters. The molecule has 2 fully saturated rings. The Kier molecular flexibility index (Phi) is 2.14. The average molecular weight is 207 g/mol. The summed E-state index contributed by atoms with van der Waals surface area (Å²) in [6.07, 6.45) is 5.75. The summed E-state index contributed by atoms with van der Waals surface area (Å²) in [7, 11) is 0. The van der Waals surface area contributed by atoms with Crippen molar-refractivity contribution in [1.82, 2.24) is 0 Å². The molecular weight excluding hydrogens is 190 g/mol. The summed E-state index contributed by atoms with van der Waals surface area (Å²) >= 11 is 1.77. The second-order valence-electron chi connectivity index (χ2n) is 4.77. The van der Waals surface area contributed by atoms with E-state index in [0.29, 0.717) is 6.04 Å². The number of fused-ring (bicyclic) bond motifs is 1. The third kappa shape index (κ3) is 1.32. The molecule has 3 atom stereocenters. The van der Waals surface area contributed by atoms with Gasteiger partial charge in [0.05, 0.1) is 0 Å².